The maximum Gasteiger partial charge on any atom is 0.265 e. The highest BCUT2D eigenvalue weighted by Crippen LogP contribution is 2.27. The average Bonchev–Trinajstić information content (AvgIpc) is 3.38. The van der Waals surface area contributed by atoms with E-state index in [0.717, 1.165) is 33.9 Å². The molecule has 35 heavy (non-hydrogen) atoms. The zero-order valence-electron chi connectivity index (χ0n) is 18.6. The summed E-state index contributed by atoms with van der Waals surface area (Å²) in [5.74, 6) is -3.59. The number of pyridine rings is 1. The van der Waals surface area contributed by atoms with E-state index in [4.69, 9.17) is 11.1 Å². The number of nitrogens with two attached hydrogens (primary N) is 1. The van der Waals surface area contributed by atoms with Crippen molar-refractivity contribution in [3.63, 3.8) is 0 Å². The maximum atomic E-state index is 15.2. The first-order valence-electron chi connectivity index (χ1n) is 10.2. The zero-order chi connectivity index (χ0) is 25.3. The van der Waals surface area contributed by atoms with Crippen LogP contribution in [0.4, 0.5) is 20.3 Å². The van der Waals surface area contributed by atoms with Crippen molar-refractivity contribution in [1.29, 1.82) is 5.41 Å². The van der Waals surface area contributed by atoms with E-state index in [1.807, 2.05) is 0 Å². The van der Waals surface area contributed by atoms with Crippen LogP contribution in [0.25, 0.3) is 10.2 Å². The number of hydrogen-bond acceptors (Lipinski definition) is 7. The number of amides is 2. The van der Waals surface area contributed by atoms with Crippen molar-refractivity contribution in [2.24, 2.45) is 17.8 Å². The van der Waals surface area contributed by atoms with Crippen LogP contribution in [-0.4, -0.2) is 38.0 Å². The van der Waals surface area contributed by atoms with E-state index < -0.39 is 35.6 Å². The van der Waals surface area contributed by atoms with Gasteiger partial charge in [0.15, 0.2) is 11.6 Å². The summed E-state index contributed by atoms with van der Waals surface area (Å²) in [4.78, 5) is 33.0. The number of thiophene rings is 1. The van der Waals surface area contributed by atoms with Gasteiger partial charge in [-0.2, -0.15) is 5.10 Å². The summed E-state index contributed by atoms with van der Waals surface area (Å²) < 4.78 is 32.0. The molecular weight excluding hydrogens is 476 g/mol. The van der Waals surface area contributed by atoms with Crippen LogP contribution in [0.5, 0.6) is 0 Å². The molecule has 0 aliphatic rings. The molecule has 0 radical (unpaired) electrons. The van der Waals surface area contributed by atoms with Gasteiger partial charge in [-0.1, -0.05) is 0 Å². The van der Waals surface area contributed by atoms with Gasteiger partial charge in [0.25, 0.3) is 11.8 Å². The van der Waals surface area contributed by atoms with E-state index in [-0.39, 0.29) is 27.7 Å². The Morgan fingerprint density at radius 2 is 2.03 bits per heavy atom. The summed E-state index contributed by atoms with van der Waals surface area (Å²) in [6.07, 6.45) is 1.15. The van der Waals surface area contributed by atoms with Gasteiger partial charge in [0.1, 0.15) is 17.2 Å². The van der Waals surface area contributed by atoms with Gasteiger partial charge >= 0.3 is 0 Å². The van der Waals surface area contributed by atoms with Crippen molar-refractivity contribution in [3.05, 3.63) is 70.4 Å². The number of nitrogens with zero attached hydrogens (tertiary/aromatic N) is 4. The van der Waals surface area contributed by atoms with Crippen LogP contribution in [0.3, 0.4) is 0 Å². The Labute approximate surface area is 201 Å². The fourth-order valence-corrected chi connectivity index (χ4v) is 4.15. The number of halogens is 2. The molecule has 0 bridgehead atoms. The predicted octanol–water partition coefficient (Wildman–Crippen LogP) is 3.88. The van der Waals surface area contributed by atoms with Crippen LogP contribution in [0.15, 0.2) is 47.6 Å². The van der Waals surface area contributed by atoms with E-state index in [9.17, 15) is 14.0 Å². The molecule has 2 amide bonds. The highest BCUT2D eigenvalue weighted by Gasteiger charge is 2.22. The molecule has 9 nitrogen and oxygen atoms in total. The molecule has 4 N–H and O–H groups in total. The predicted molar refractivity (Wildman–Crippen MR) is 130 cm³/mol. The Bertz CT molecular complexity index is 1470. The first kappa shape index (κ1) is 23.8. The molecule has 3 heterocycles. The lowest BCUT2D eigenvalue weighted by molar-refractivity contribution is -0.112. The Hall–Kier alpha value is -4.32. The van der Waals surface area contributed by atoms with E-state index in [1.54, 1.807) is 43.0 Å². The lowest BCUT2D eigenvalue weighted by Crippen LogP contribution is -2.26. The quantitative estimate of drug-likeness (QED) is 0.335. The number of fused-ring (bicyclic) bond motifs is 1. The van der Waals surface area contributed by atoms with Crippen LogP contribution in [-0.2, 0) is 11.8 Å². The second kappa shape index (κ2) is 9.50. The van der Waals surface area contributed by atoms with Crippen LogP contribution in [0, 0.1) is 24.0 Å². The van der Waals surface area contributed by atoms with Crippen molar-refractivity contribution in [3.8, 4) is 0 Å². The van der Waals surface area contributed by atoms with Gasteiger partial charge in [-0.25, -0.2) is 13.8 Å². The molecule has 4 rings (SSSR count). The number of aryl methyl sites for hydroxylation is 2. The molecule has 0 unspecified atom stereocenters. The Morgan fingerprint density at radius 1 is 1.26 bits per heavy atom. The van der Waals surface area contributed by atoms with Crippen molar-refractivity contribution in [2.45, 2.75) is 13.3 Å². The van der Waals surface area contributed by atoms with Crippen LogP contribution < -0.4 is 11.1 Å². The van der Waals surface area contributed by atoms with Gasteiger partial charge in [0, 0.05) is 42.7 Å². The number of aliphatic imine (C=N–C) groups is 1. The monoisotopic (exact) mass is 495 g/mol. The fraction of sp³-hybridized carbons (Fsp3) is 0.130. The lowest BCUT2D eigenvalue weighted by atomic mass is 10.0. The summed E-state index contributed by atoms with van der Waals surface area (Å²) in [6, 6.07) is 8.60. The fourth-order valence-electron chi connectivity index (χ4n) is 3.24. The summed E-state index contributed by atoms with van der Waals surface area (Å²) in [6.45, 7) is 1.79. The third-order valence-electron chi connectivity index (χ3n) is 5.15. The number of primary amides is 1. The third kappa shape index (κ3) is 4.96. The Balaban J connectivity index is 1.60. The highest BCUT2D eigenvalue weighted by atomic mass is 32.1. The first-order valence-corrected chi connectivity index (χ1v) is 11.1. The number of carbonyl (C=O) groups excluding carboxylic acids is 2. The number of nitrogens with one attached hydrogen (secondary N) is 2. The minimum absolute atomic E-state index is 0.206. The van der Waals surface area contributed by atoms with Crippen LogP contribution >= 0.6 is 11.3 Å². The molecule has 3 aromatic heterocycles. The normalized spacial score (nSPS) is 11.6. The van der Waals surface area contributed by atoms with Crippen molar-refractivity contribution < 1.29 is 18.4 Å². The van der Waals surface area contributed by atoms with E-state index in [0.29, 0.717) is 5.52 Å². The largest absolute Gasteiger partial charge is 0.365 e. The van der Waals surface area contributed by atoms with Crippen LogP contribution in [0.1, 0.15) is 27.3 Å². The lowest BCUT2D eigenvalue weighted by Gasteiger charge is -2.12. The van der Waals surface area contributed by atoms with Crippen molar-refractivity contribution in [1.82, 2.24) is 14.8 Å². The molecule has 0 spiro atoms. The number of aromatic nitrogens is 3. The number of rotatable bonds is 7. The van der Waals surface area contributed by atoms with E-state index >= 15 is 4.39 Å². The molecule has 0 saturated heterocycles. The number of hydrogen-bond donors (Lipinski definition) is 3. The number of anilines is 1. The van der Waals surface area contributed by atoms with Gasteiger partial charge in [-0.15, -0.1) is 11.3 Å². The molecule has 0 atom stereocenters. The van der Waals surface area contributed by atoms with Crippen LogP contribution in [0.2, 0.25) is 0 Å². The van der Waals surface area contributed by atoms with Gasteiger partial charge < -0.3 is 16.5 Å². The number of carbonyl (C=O) groups is 2. The summed E-state index contributed by atoms with van der Waals surface area (Å²) in [5, 5.41) is 14.6. The standard InChI is InChI=1S/C23H19F2N7O2S/c1-11-8-19(31-32(11)2)29-16(22(27)33)9-14(26)12-5-6-13(24)21(20(12)25)30-23(34)18-10-15-17(35-18)4-3-7-28-15/h3-8,10,26H,9H2,1-2H3,(H2,27,33)(H,30,34). The maximum absolute atomic E-state index is 15.2. The molecule has 12 heteroatoms. The second-order valence-electron chi connectivity index (χ2n) is 7.58. The van der Waals surface area contributed by atoms with E-state index in [1.165, 1.54) is 6.07 Å². The highest BCUT2D eigenvalue weighted by molar-refractivity contribution is 7.20. The molecule has 0 saturated carbocycles. The molecule has 178 valence electrons. The van der Waals surface area contributed by atoms with E-state index in [2.05, 4.69) is 20.4 Å². The molecule has 1 aromatic carbocycles. The van der Waals surface area contributed by atoms with Gasteiger partial charge in [-0.05, 0) is 37.3 Å². The Kier molecular flexibility index (Phi) is 6.47. The minimum Gasteiger partial charge on any atom is -0.365 e. The summed E-state index contributed by atoms with van der Waals surface area (Å²) in [7, 11) is 1.69. The molecular formula is C23H19F2N7O2S. The van der Waals surface area contributed by atoms with Gasteiger partial charge in [0.05, 0.1) is 15.1 Å². The minimum atomic E-state index is -1.15. The smallest absolute Gasteiger partial charge is 0.265 e. The Morgan fingerprint density at radius 3 is 2.69 bits per heavy atom. The summed E-state index contributed by atoms with van der Waals surface area (Å²) in [5.41, 5.74) is 5.13. The zero-order valence-corrected chi connectivity index (χ0v) is 19.4. The first-order chi connectivity index (χ1) is 16.6. The number of benzene rings is 1. The second-order valence-corrected chi connectivity index (χ2v) is 8.66. The average molecular weight is 496 g/mol. The van der Waals surface area contributed by atoms with Gasteiger partial charge in [-0.3, -0.25) is 19.3 Å². The molecule has 4 aromatic rings. The molecule has 0 aliphatic heterocycles. The summed E-state index contributed by atoms with van der Waals surface area (Å²) >= 11 is 1.13. The third-order valence-corrected chi connectivity index (χ3v) is 6.23. The van der Waals surface area contributed by atoms with Gasteiger partial charge in [0.2, 0.25) is 0 Å². The SMILES string of the molecule is Cc1cc(N=C(CC(=N)c2ccc(F)c(NC(=O)c3cc4ncccc4s3)c2F)C(N)=O)nn1C. The molecule has 0 aliphatic carbocycles. The topological polar surface area (TPSA) is 139 Å². The molecule has 0 fully saturated rings. The van der Waals surface area contributed by atoms with Crippen molar-refractivity contribution in [2.75, 3.05) is 5.32 Å². The van der Waals surface area contributed by atoms with Crippen molar-refractivity contribution >= 4 is 56.3 Å².